The number of aliphatic carboxylic acids is 1. The minimum absolute atomic E-state index is 0.0547. The first-order valence-electron chi connectivity index (χ1n) is 6.44. The van der Waals surface area contributed by atoms with Crippen molar-refractivity contribution in [1.29, 1.82) is 0 Å². The van der Waals surface area contributed by atoms with Gasteiger partial charge in [-0.15, -0.1) is 0 Å². The van der Waals surface area contributed by atoms with Gasteiger partial charge in [-0.1, -0.05) is 0 Å². The molecule has 0 aromatic rings. The molecule has 2 N–H and O–H groups in total. The number of likely N-dealkylation sites (N-methyl/N-ethyl adjacent to an activating group) is 1. The molecule has 104 valence electrons. The van der Waals surface area contributed by atoms with E-state index in [-0.39, 0.29) is 25.0 Å². The summed E-state index contributed by atoms with van der Waals surface area (Å²) in [6.07, 6.45) is 1.91. The summed E-state index contributed by atoms with van der Waals surface area (Å²) in [5, 5.41) is 11.3. The highest BCUT2D eigenvalue weighted by atomic mass is 16.5. The van der Waals surface area contributed by atoms with E-state index >= 15 is 0 Å². The van der Waals surface area contributed by atoms with Crippen LogP contribution in [0.2, 0.25) is 0 Å². The molecule has 1 rings (SSSR count). The number of nitrogens with one attached hydrogen (secondary N) is 1. The summed E-state index contributed by atoms with van der Waals surface area (Å²) in [6, 6.07) is 0. The third-order valence-electron chi connectivity index (χ3n) is 2.95. The molecule has 0 aromatic heterocycles. The molecule has 1 aliphatic heterocycles. The van der Waals surface area contributed by atoms with E-state index in [0.717, 1.165) is 25.9 Å². The monoisotopic (exact) mass is 258 g/mol. The number of piperidine rings is 1. The van der Waals surface area contributed by atoms with Gasteiger partial charge in [-0.3, -0.25) is 14.5 Å². The molecule has 0 saturated carbocycles. The summed E-state index contributed by atoms with van der Waals surface area (Å²) in [5.41, 5.74) is 0. The lowest BCUT2D eigenvalue weighted by molar-refractivity contribution is -0.139. The van der Waals surface area contributed by atoms with E-state index in [1.165, 1.54) is 0 Å². The number of carboxylic acid groups (broad SMARTS) is 1. The predicted molar refractivity (Wildman–Crippen MR) is 66.4 cm³/mol. The van der Waals surface area contributed by atoms with Crippen molar-refractivity contribution in [2.24, 2.45) is 0 Å². The number of likely N-dealkylation sites (tertiary alicyclic amines) is 1. The van der Waals surface area contributed by atoms with Crippen LogP contribution in [0.1, 0.15) is 26.2 Å². The van der Waals surface area contributed by atoms with E-state index < -0.39 is 5.97 Å². The Kier molecular flexibility index (Phi) is 6.67. The summed E-state index contributed by atoms with van der Waals surface area (Å²) >= 11 is 0. The number of carbonyl (C=O) groups is 2. The molecule has 1 amide bonds. The second-order valence-corrected chi connectivity index (χ2v) is 4.44. The van der Waals surface area contributed by atoms with Crippen LogP contribution in [0.25, 0.3) is 0 Å². The molecule has 0 radical (unpaired) electrons. The van der Waals surface area contributed by atoms with Crippen molar-refractivity contribution < 1.29 is 19.4 Å². The van der Waals surface area contributed by atoms with Gasteiger partial charge in [0.1, 0.15) is 0 Å². The number of hydrogen-bond acceptors (Lipinski definition) is 4. The zero-order chi connectivity index (χ0) is 13.4. The summed E-state index contributed by atoms with van der Waals surface area (Å²) in [6.45, 7) is 4.93. The van der Waals surface area contributed by atoms with Crippen molar-refractivity contribution in [2.45, 2.75) is 32.3 Å². The predicted octanol–water partition coefficient (Wildman–Crippen LogP) is 0.0782. The Morgan fingerprint density at radius 2 is 2.06 bits per heavy atom. The van der Waals surface area contributed by atoms with Gasteiger partial charge < -0.3 is 15.2 Å². The number of amides is 1. The number of nitrogens with zero attached hydrogens (tertiary/aromatic N) is 1. The molecule has 0 unspecified atom stereocenters. The van der Waals surface area contributed by atoms with Gasteiger partial charge in [-0.25, -0.2) is 0 Å². The Hall–Kier alpha value is -1.14. The fourth-order valence-corrected chi connectivity index (χ4v) is 2.00. The van der Waals surface area contributed by atoms with Gasteiger partial charge in [-0.05, 0) is 19.8 Å². The van der Waals surface area contributed by atoms with Gasteiger partial charge in [0.05, 0.1) is 25.7 Å². The first-order valence-corrected chi connectivity index (χ1v) is 6.44. The van der Waals surface area contributed by atoms with Crippen LogP contribution in [-0.2, 0) is 14.3 Å². The third-order valence-corrected chi connectivity index (χ3v) is 2.95. The molecule has 1 aliphatic rings. The Labute approximate surface area is 107 Å². The Morgan fingerprint density at radius 3 is 2.61 bits per heavy atom. The van der Waals surface area contributed by atoms with Crippen LogP contribution in [0.5, 0.6) is 0 Å². The molecule has 1 saturated heterocycles. The fraction of sp³-hybridized carbons (Fsp3) is 0.833. The van der Waals surface area contributed by atoms with Crippen molar-refractivity contribution >= 4 is 11.9 Å². The zero-order valence-corrected chi connectivity index (χ0v) is 10.9. The van der Waals surface area contributed by atoms with Crippen molar-refractivity contribution in [3.63, 3.8) is 0 Å². The second-order valence-electron chi connectivity index (χ2n) is 4.44. The van der Waals surface area contributed by atoms with Crippen LogP contribution in [0.15, 0.2) is 0 Å². The van der Waals surface area contributed by atoms with Crippen LogP contribution >= 0.6 is 0 Å². The van der Waals surface area contributed by atoms with Crippen LogP contribution in [0.3, 0.4) is 0 Å². The van der Waals surface area contributed by atoms with Gasteiger partial charge in [0.15, 0.2) is 0 Å². The largest absolute Gasteiger partial charge is 0.481 e. The van der Waals surface area contributed by atoms with Crippen LogP contribution in [0.4, 0.5) is 0 Å². The number of carbonyl (C=O) groups excluding carboxylic acids is 1. The lowest BCUT2D eigenvalue weighted by atomic mass is 10.1. The van der Waals surface area contributed by atoms with Gasteiger partial charge in [0.25, 0.3) is 0 Å². The second kappa shape index (κ2) is 8.05. The Balaban J connectivity index is 2.12. The molecule has 1 heterocycles. The van der Waals surface area contributed by atoms with Crippen molar-refractivity contribution in [3.05, 3.63) is 0 Å². The number of rotatable bonds is 7. The Bertz CT molecular complexity index is 275. The maximum Gasteiger partial charge on any atom is 0.305 e. The molecule has 0 aromatic carbocycles. The standard InChI is InChI=1S/C12H22N2O4/c1-2-13-11(15)9-14-6-3-10(4-7-14)18-8-5-12(16)17/h10H,2-9H2,1H3,(H,13,15)(H,16,17). The molecule has 18 heavy (non-hydrogen) atoms. The normalized spacial score (nSPS) is 17.6. The smallest absolute Gasteiger partial charge is 0.305 e. The molecular formula is C12H22N2O4. The number of carboxylic acids is 1. The van der Waals surface area contributed by atoms with Crippen LogP contribution in [-0.4, -0.2) is 60.8 Å². The average molecular weight is 258 g/mol. The molecule has 6 heteroatoms. The van der Waals surface area contributed by atoms with Gasteiger partial charge >= 0.3 is 5.97 Å². The summed E-state index contributed by atoms with van der Waals surface area (Å²) < 4.78 is 5.49. The number of hydrogen-bond donors (Lipinski definition) is 2. The lowest BCUT2D eigenvalue weighted by Gasteiger charge is -2.31. The fourth-order valence-electron chi connectivity index (χ4n) is 2.00. The highest BCUT2D eigenvalue weighted by molar-refractivity contribution is 5.77. The third kappa shape index (κ3) is 5.97. The zero-order valence-electron chi connectivity index (χ0n) is 10.9. The maximum atomic E-state index is 11.4. The molecule has 1 fully saturated rings. The van der Waals surface area contributed by atoms with Gasteiger partial charge in [0, 0.05) is 19.6 Å². The molecule has 0 aliphatic carbocycles. The first-order chi connectivity index (χ1) is 8.61. The maximum absolute atomic E-state index is 11.4. The average Bonchev–Trinajstić information content (AvgIpc) is 2.31. The van der Waals surface area contributed by atoms with E-state index in [4.69, 9.17) is 9.84 Å². The number of ether oxygens (including phenoxy) is 1. The summed E-state index contributed by atoms with van der Waals surface area (Å²) in [7, 11) is 0. The minimum Gasteiger partial charge on any atom is -0.481 e. The molecule has 6 nitrogen and oxygen atoms in total. The van der Waals surface area contributed by atoms with E-state index in [1.54, 1.807) is 0 Å². The summed E-state index contributed by atoms with van der Waals surface area (Å²) in [4.78, 5) is 23.8. The quantitative estimate of drug-likeness (QED) is 0.676. The highest BCUT2D eigenvalue weighted by Gasteiger charge is 2.21. The SMILES string of the molecule is CCNC(=O)CN1CCC(OCCC(=O)O)CC1. The first kappa shape index (κ1) is 14.9. The van der Waals surface area contributed by atoms with Gasteiger partial charge in [-0.2, -0.15) is 0 Å². The topological polar surface area (TPSA) is 78.9 Å². The van der Waals surface area contributed by atoms with Crippen LogP contribution < -0.4 is 5.32 Å². The van der Waals surface area contributed by atoms with Crippen molar-refractivity contribution in [1.82, 2.24) is 10.2 Å². The van der Waals surface area contributed by atoms with E-state index in [1.807, 2.05) is 6.92 Å². The van der Waals surface area contributed by atoms with Crippen molar-refractivity contribution in [2.75, 3.05) is 32.8 Å². The van der Waals surface area contributed by atoms with Crippen LogP contribution in [0, 0.1) is 0 Å². The molecule has 0 spiro atoms. The van der Waals surface area contributed by atoms with Gasteiger partial charge in [0.2, 0.25) is 5.91 Å². The summed E-state index contributed by atoms with van der Waals surface area (Å²) in [5.74, 6) is -0.772. The minimum atomic E-state index is -0.830. The highest BCUT2D eigenvalue weighted by Crippen LogP contribution is 2.13. The van der Waals surface area contributed by atoms with E-state index in [0.29, 0.717) is 13.1 Å². The molecule has 0 atom stereocenters. The lowest BCUT2D eigenvalue weighted by Crippen LogP contribution is -2.43. The van der Waals surface area contributed by atoms with E-state index in [2.05, 4.69) is 10.2 Å². The Morgan fingerprint density at radius 1 is 1.39 bits per heavy atom. The van der Waals surface area contributed by atoms with Crippen molar-refractivity contribution in [3.8, 4) is 0 Å². The van der Waals surface area contributed by atoms with E-state index in [9.17, 15) is 9.59 Å². The molecular weight excluding hydrogens is 236 g/mol. The molecule has 0 bridgehead atoms.